The van der Waals surface area contributed by atoms with Crippen LogP contribution in [0.4, 0.5) is 0 Å². The van der Waals surface area contributed by atoms with Gasteiger partial charge in [-0.1, -0.05) is 12.1 Å². The Hall–Kier alpha value is -1.39. The maximum absolute atomic E-state index is 8.60. The highest BCUT2D eigenvalue weighted by atomic mass is 16.5. The first-order chi connectivity index (χ1) is 7.42. The standard InChI is InChI=1S/C11H14N2O2/c14-6-3-7-15-9-13-8-12-10-4-1-2-5-11(10)13/h1-2,4-5,8,14H,3,6-7,9H2. The van der Waals surface area contributed by atoms with Crippen LogP contribution in [0.25, 0.3) is 11.0 Å². The van der Waals surface area contributed by atoms with Crippen LogP contribution in [-0.4, -0.2) is 27.9 Å². The molecule has 80 valence electrons. The molecule has 0 amide bonds. The molecule has 0 saturated carbocycles. The Bertz CT molecular complexity index is 425. The number of nitrogens with zero attached hydrogens (tertiary/aromatic N) is 2. The SMILES string of the molecule is OCCCOCn1cnc2ccccc21. The Kier molecular flexibility index (Phi) is 3.32. The first-order valence-corrected chi connectivity index (χ1v) is 5.00. The fourth-order valence-electron chi connectivity index (χ4n) is 1.44. The molecule has 0 bridgehead atoms. The number of aliphatic hydroxyl groups is 1. The molecular formula is C11H14N2O2. The molecule has 1 aromatic heterocycles. The minimum atomic E-state index is 0.171. The summed E-state index contributed by atoms with van der Waals surface area (Å²) < 4.78 is 7.34. The molecule has 2 aromatic rings. The average Bonchev–Trinajstić information content (AvgIpc) is 2.68. The van der Waals surface area contributed by atoms with E-state index in [1.165, 1.54) is 0 Å². The Morgan fingerprint density at radius 1 is 1.33 bits per heavy atom. The summed E-state index contributed by atoms with van der Waals surface area (Å²) in [5.74, 6) is 0. The third-order valence-electron chi connectivity index (χ3n) is 2.20. The Morgan fingerprint density at radius 3 is 3.07 bits per heavy atom. The number of hydrogen-bond acceptors (Lipinski definition) is 3. The fourth-order valence-corrected chi connectivity index (χ4v) is 1.44. The van der Waals surface area contributed by atoms with Crippen molar-refractivity contribution in [2.75, 3.05) is 13.2 Å². The monoisotopic (exact) mass is 206 g/mol. The molecule has 2 rings (SSSR count). The van der Waals surface area contributed by atoms with E-state index in [-0.39, 0.29) is 6.61 Å². The van der Waals surface area contributed by atoms with Crippen molar-refractivity contribution in [3.63, 3.8) is 0 Å². The summed E-state index contributed by atoms with van der Waals surface area (Å²) >= 11 is 0. The van der Waals surface area contributed by atoms with Crippen molar-refractivity contribution in [3.05, 3.63) is 30.6 Å². The maximum Gasteiger partial charge on any atom is 0.124 e. The zero-order valence-electron chi connectivity index (χ0n) is 8.47. The van der Waals surface area contributed by atoms with Crippen LogP contribution >= 0.6 is 0 Å². The van der Waals surface area contributed by atoms with Gasteiger partial charge in [-0.05, 0) is 18.6 Å². The lowest BCUT2D eigenvalue weighted by Gasteiger charge is -2.04. The van der Waals surface area contributed by atoms with Gasteiger partial charge in [-0.3, -0.25) is 0 Å². The molecule has 0 fully saturated rings. The zero-order chi connectivity index (χ0) is 10.5. The summed E-state index contributed by atoms with van der Waals surface area (Å²) in [6.45, 7) is 1.23. The molecule has 0 spiro atoms. The Balaban J connectivity index is 2.02. The molecule has 0 saturated heterocycles. The van der Waals surface area contributed by atoms with Crippen molar-refractivity contribution in [1.29, 1.82) is 0 Å². The number of fused-ring (bicyclic) bond motifs is 1. The van der Waals surface area contributed by atoms with Gasteiger partial charge in [0.1, 0.15) is 6.73 Å². The van der Waals surface area contributed by atoms with E-state index in [0.29, 0.717) is 19.8 Å². The number of hydrogen-bond donors (Lipinski definition) is 1. The van der Waals surface area contributed by atoms with E-state index in [1.54, 1.807) is 6.33 Å². The second-order valence-corrected chi connectivity index (χ2v) is 3.32. The van der Waals surface area contributed by atoms with Crippen LogP contribution in [0, 0.1) is 0 Å². The summed E-state index contributed by atoms with van der Waals surface area (Å²) in [5, 5.41) is 8.60. The van der Waals surface area contributed by atoms with Crippen molar-refractivity contribution in [3.8, 4) is 0 Å². The van der Waals surface area contributed by atoms with Gasteiger partial charge < -0.3 is 14.4 Å². The minimum absolute atomic E-state index is 0.171. The smallest absolute Gasteiger partial charge is 0.124 e. The van der Waals surface area contributed by atoms with E-state index < -0.39 is 0 Å². The highest BCUT2D eigenvalue weighted by Gasteiger charge is 2.00. The van der Waals surface area contributed by atoms with Crippen LogP contribution in [0.15, 0.2) is 30.6 Å². The predicted molar refractivity (Wildman–Crippen MR) is 57.4 cm³/mol. The average molecular weight is 206 g/mol. The molecule has 0 aliphatic heterocycles. The summed E-state index contributed by atoms with van der Waals surface area (Å²) in [7, 11) is 0. The Labute approximate surface area is 88.1 Å². The lowest BCUT2D eigenvalue weighted by atomic mass is 10.3. The molecule has 0 unspecified atom stereocenters. The predicted octanol–water partition coefficient (Wildman–Crippen LogP) is 1.39. The third-order valence-corrected chi connectivity index (χ3v) is 2.20. The normalized spacial score (nSPS) is 11.0. The molecule has 0 aliphatic rings. The lowest BCUT2D eigenvalue weighted by Crippen LogP contribution is -2.03. The largest absolute Gasteiger partial charge is 0.396 e. The first-order valence-electron chi connectivity index (χ1n) is 5.00. The maximum atomic E-state index is 8.60. The van der Waals surface area contributed by atoms with Gasteiger partial charge in [0.15, 0.2) is 0 Å². The van der Waals surface area contributed by atoms with Crippen molar-refractivity contribution >= 4 is 11.0 Å². The van der Waals surface area contributed by atoms with Crippen molar-refractivity contribution in [2.24, 2.45) is 0 Å². The summed E-state index contributed by atoms with van der Waals surface area (Å²) in [6, 6.07) is 7.93. The molecular weight excluding hydrogens is 192 g/mol. The van der Waals surface area contributed by atoms with E-state index >= 15 is 0 Å². The van der Waals surface area contributed by atoms with Gasteiger partial charge in [-0.15, -0.1) is 0 Å². The van der Waals surface area contributed by atoms with Crippen molar-refractivity contribution in [2.45, 2.75) is 13.2 Å². The summed E-state index contributed by atoms with van der Waals surface area (Å²) in [4.78, 5) is 4.25. The molecule has 4 heteroatoms. The number of imidazole rings is 1. The van der Waals surface area contributed by atoms with Crippen LogP contribution in [-0.2, 0) is 11.5 Å². The molecule has 0 atom stereocenters. The highest BCUT2D eigenvalue weighted by Crippen LogP contribution is 2.11. The van der Waals surface area contributed by atoms with Gasteiger partial charge in [-0.25, -0.2) is 4.98 Å². The van der Waals surface area contributed by atoms with Gasteiger partial charge in [-0.2, -0.15) is 0 Å². The van der Waals surface area contributed by atoms with Gasteiger partial charge in [0.25, 0.3) is 0 Å². The number of rotatable bonds is 5. The topological polar surface area (TPSA) is 47.3 Å². The van der Waals surface area contributed by atoms with Gasteiger partial charge in [0, 0.05) is 6.61 Å². The fraction of sp³-hybridized carbons (Fsp3) is 0.364. The summed E-state index contributed by atoms with van der Waals surface area (Å²) in [5.41, 5.74) is 2.05. The van der Waals surface area contributed by atoms with E-state index in [1.807, 2.05) is 28.8 Å². The number of aliphatic hydroxyl groups excluding tert-OH is 1. The van der Waals surface area contributed by atoms with Crippen LogP contribution in [0.5, 0.6) is 0 Å². The van der Waals surface area contributed by atoms with E-state index in [4.69, 9.17) is 9.84 Å². The molecule has 0 radical (unpaired) electrons. The molecule has 4 nitrogen and oxygen atoms in total. The van der Waals surface area contributed by atoms with E-state index in [9.17, 15) is 0 Å². The number of aromatic nitrogens is 2. The summed E-state index contributed by atoms with van der Waals surface area (Å²) in [6.07, 6.45) is 2.44. The van der Waals surface area contributed by atoms with Crippen LogP contribution in [0.1, 0.15) is 6.42 Å². The molecule has 0 aliphatic carbocycles. The van der Waals surface area contributed by atoms with Crippen molar-refractivity contribution < 1.29 is 9.84 Å². The molecule has 1 N–H and O–H groups in total. The van der Waals surface area contributed by atoms with E-state index in [2.05, 4.69) is 4.98 Å². The highest BCUT2D eigenvalue weighted by molar-refractivity contribution is 5.74. The number of ether oxygens (including phenoxy) is 1. The second-order valence-electron chi connectivity index (χ2n) is 3.32. The van der Waals surface area contributed by atoms with Gasteiger partial charge >= 0.3 is 0 Å². The lowest BCUT2D eigenvalue weighted by molar-refractivity contribution is 0.0680. The molecule has 15 heavy (non-hydrogen) atoms. The number of benzene rings is 1. The molecule has 1 heterocycles. The van der Waals surface area contributed by atoms with Gasteiger partial charge in [0.05, 0.1) is 24.0 Å². The van der Waals surface area contributed by atoms with E-state index in [0.717, 1.165) is 11.0 Å². The zero-order valence-corrected chi connectivity index (χ0v) is 8.47. The van der Waals surface area contributed by atoms with Gasteiger partial charge in [0.2, 0.25) is 0 Å². The third kappa shape index (κ3) is 2.34. The quantitative estimate of drug-likeness (QED) is 0.752. The first kappa shape index (κ1) is 10.1. The van der Waals surface area contributed by atoms with Crippen LogP contribution in [0.2, 0.25) is 0 Å². The minimum Gasteiger partial charge on any atom is -0.396 e. The molecule has 1 aromatic carbocycles. The second kappa shape index (κ2) is 4.91. The Morgan fingerprint density at radius 2 is 2.20 bits per heavy atom. The van der Waals surface area contributed by atoms with Crippen molar-refractivity contribution in [1.82, 2.24) is 9.55 Å². The van der Waals surface area contributed by atoms with Crippen LogP contribution < -0.4 is 0 Å². The number of para-hydroxylation sites is 2. The van der Waals surface area contributed by atoms with Crippen LogP contribution in [0.3, 0.4) is 0 Å².